The quantitative estimate of drug-likeness (QED) is 0.867. The van der Waals surface area contributed by atoms with E-state index in [9.17, 15) is 13.2 Å². The van der Waals surface area contributed by atoms with Gasteiger partial charge < -0.3 is 5.32 Å². The van der Waals surface area contributed by atoms with Gasteiger partial charge in [0.1, 0.15) is 0 Å². The Labute approximate surface area is 142 Å². The van der Waals surface area contributed by atoms with Crippen molar-refractivity contribution >= 4 is 15.9 Å². The van der Waals surface area contributed by atoms with E-state index in [0.29, 0.717) is 12.1 Å². The predicted octanol–water partition coefficient (Wildman–Crippen LogP) is 2.09. The standard InChI is InChI=1S/C17H21N3O3S/c1-17(2,3)20-24(22,23)15-6-4-5-14(11-15)16(21)19-12-13-7-9-18-10-8-13/h4-11,20H,12H2,1-3H3,(H,19,21). The lowest BCUT2D eigenvalue weighted by atomic mass is 10.1. The molecule has 0 radical (unpaired) electrons. The molecule has 0 aliphatic rings. The second kappa shape index (κ2) is 7.11. The molecule has 1 aromatic heterocycles. The Kier molecular flexibility index (Phi) is 5.36. The summed E-state index contributed by atoms with van der Waals surface area (Å²) >= 11 is 0. The van der Waals surface area contributed by atoms with Gasteiger partial charge in [-0.15, -0.1) is 0 Å². The molecular weight excluding hydrogens is 326 g/mol. The van der Waals surface area contributed by atoms with Crippen molar-refractivity contribution in [1.29, 1.82) is 0 Å². The Morgan fingerprint density at radius 1 is 1.12 bits per heavy atom. The van der Waals surface area contributed by atoms with Gasteiger partial charge in [0.25, 0.3) is 5.91 Å². The summed E-state index contributed by atoms with van der Waals surface area (Å²) in [5.74, 6) is -0.334. The van der Waals surface area contributed by atoms with Crippen LogP contribution < -0.4 is 10.0 Å². The number of carbonyl (C=O) groups excluding carboxylic acids is 1. The number of nitrogens with one attached hydrogen (secondary N) is 2. The van der Waals surface area contributed by atoms with Crippen molar-refractivity contribution < 1.29 is 13.2 Å². The third-order valence-electron chi connectivity index (χ3n) is 3.05. The topological polar surface area (TPSA) is 88.2 Å². The number of benzene rings is 1. The number of hydrogen-bond acceptors (Lipinski definition) is 4. The average molecular weight is 347 g/mol. The highest BCUT2D eigenvalue weighted by Gasteiger charge is 2.22. The molecule has 128 valence electrons. The molecule has 0 atom stereocenters. The van der Waals surface area contributed by atoms with Gasteiger partial charge in [-0.3, -0.25) is 9.78 Å². The summed E-state index contributed by atoms with van der Waals surface area (Å²) < 4.78 is 27.3. The zero-order chi connectivity index (χ0) is 17.8. The van der Waals surface area contributed by atoms with Crippen LogP contribution in [-0.4, -0.2) is 24.8 Å². The Hall–Kier alpha value is -2.25. The molecule has 1 heterocycles. The van der Waals surface area contributed by atoms with Gasteiger partial charge in [0, 0.05) is 30.0 Å². The van der Waals surface area contributed by atoms with Crippen LogP contribution in [0.4, 0.5) is 0 Å². The van der Waals surface area contributed by atoms with E-state index >= 15 is 0 Å². The van der Waals surface area contributed by atoms with Gasteiger partial charge in [-0.2, -0.15) is 0 Å². The SMILES string of the molecule is CC(C)(C)NS(=O)(=O)c1cccc(C(=O)NCc2ccncc2)c1. The molecule has 0 bridgehead atoms. The highest BCUT2D eigenvalue weighted by Crippen LogP contribution is 2.14. The first-order chi connectivity index (χ1) is 11.2. The Morgan fingerprint density at radius 2 is 1.79 bits per heavy atom. The van der Waals surface area contributed by atoms with E-state index in [1.165, 1.54) is 12.1 Å². The smallest absolute Gasteiger partial charge is 0.251 e. The van der Waals surface area contributed by atoms with Crippen LogP contribution >= 0.6 is 0 Å². The molecule has 24 heavy (non-hydrogen) atoms. The minimum absolute atomic E-state index is 0.0639. The average Bonchev–Trinajstić information content (AvgIpc) is 2.51. The number of nitrogens with zero attached hydrogens (tertiary/aromatic N) is 1. The zero-order valence-electron chi connectivity index (χ0n) is 13.9. The van der Waals surface area contributed by atoms with Crippen LogP contribution in [0.5, 0.6) is 0 Å². The zero-order valence-corrected chi connectivity index (χ0v) is 14.7. The molecule has 0 saturated heterocycles. The third-order valence-corrected chi connectivity index (χ3v) is 4.81. The Morgan fingerprint density at radius 3 is 2.42 bits per heavy atom. The maximum atomic E-state index is 12.4. The van der Waals surface area contributed by atoms with E-state index in [1.54, 1.807) is 57.4 Å². The van der Waals surface area contributed by atoms with Crippen molar-refractivity contribution in [3.63, 3.8) is 0 Å². The van der Waals surface area contributed by atoms with E-state index in [0.717, 1.165) is 5.56 Å². The summed E-state index contributed by atoms with van der Waals surface area (Å²) in [7, 11) is -3.68. The first-order valence-corrected chi connectivity index (χ1v) is 8.97. The van der Waals surface area contributed by atoms with E-state index in [4.69, 9.17) is 0 Å². The molecule has 2 N–H and O–H groups in total. The van der Waals surface area contributed by atoms with E-state index in [2.05, 4.69) is 15.0 Å². The van der Waals surface area contributed by atoms with E-state index < -0.39 is 15.6 Å². The van der Waals surface area contributed by atoms with Gasteiger partial charge in [0.2, 0.25) is 10.0 Å². The van der Waals surface area contributed by atoms with Crippen LogP contribution in [0, 0.1) is 0 Å². The van der Waals surface area contributed by atoms with Crippen LogP contribution in [0.25, 0.3) is 0 Å². The van der Waals surface area contributed by atoms with Crippen molar-refractivity contribution in [3.05, 3.63) is 59.9 Å². The Balaban J connectivity index is 2.13. The Bertz CT molecular complexity index is 812. The molecule has 1 amide bonds. The highest BCUT2D eigenvalue weighted by molar-refractivity contribution is 7.89. The molecule has 2 aromatic rings. The molecule has 7 heteroatoms. The maximum absolute atomic E-state index is 12.4. The number of pyridine rings is 1. The summed E-state index contributed by atoms with van der Waals surface area (Å²) in [6, 6.07) is 9.57. The van der Waals surface area contributed by atoms with E-state index in [1.807, 2.05) is 0 Å². The number of amides is 1. The molecule has 1 aromatic carbocycles. The minimum atomic E-state index is -3.68. The normalized spacial score (nSPS) is 12.0. The van der Waals surface area contributed by atoms with Crippen molar-refractivity contribution in [1.82, 2.24) is 15.0 Å². The van der Waals surface area contributed by atoms with Gasteiger partial charge in [-0.1, -0.05) is 6.07 Å². The third kappa shape index (κ3) is 5.14. The first-order valence-electron chi connectivity index (χ1n) is 7.48. The molecule has 6 nitrogen and oxygen atoms in total. The van der Waals surface area contributed by atoms with Gasteiger partial charge in [-0.05, 0) is 56.7 Å². The van der Waals surface area contributed by atoms with Crippen LogP contribution in [0.2, 0.25) is 0 Å². The lowest BCUT2D eigenvalue weighted by Gasteiger charge is -2.20. The molecule has 0 unspecified atom stereocenters. The molecule has 2 rings (SSSR count). The fourth-order valence-corrected chi connectivity index (χ4v) is 3.52. The summed E-state index contributed by atoms with van der Waals surface area (Å²) in [6.07, 6.45) is 3.29. The van der Waals surface area contributed by atoms with Gasteiger partial charge in [-0.25, -0.2) is 13.1 Å². The number of sulfonamides is 1. The number of hydrogen-bond donors (Lipinski definition) is 2. The van der Waals surface area contributed by atoms with Crippen LogP contribution in [0.3, 0.4) is 0 Å². The van der Waals surface area contributed by atoms with Crippen molar-refractivity contribution in [3.8, 4) is 0 Å². The fourth-order valence-electron chi connectivity index (χ4n) is 2.05. The summed E-state index contributed by atoms with van der Waals surface area (Å²) in [5, 5.41) is 2.76. The molecule has 0 saturated carbocycles. The molecule has 0 spiro atoms. The minimum Gasteiger partial charge on any atom is -0.348 e. The molecule has 0 fully saturated rings. The number of rotatable bonds is 5. The maximum Gasteiger partial charge on any atom is 0.251 e. The lowest BCUT2D eigenvalue weighted by molar-refractivity contribution is 0.0950. The van der Waals surface area contributed by atoms with Crippen LogP contribution in [0.1, 0.15) is 36.7 Å². The molecule has 0 aliphatic carbocycles. The second-order valence-electron chi connectivity index (χ2n) is 6.42. The van der Waals surface area contributed by atoms with Gasteiger partial charge >= 0.3 is 0 Å². The monoisotopic (exact) mass is 347 g/mol. The van der Waals surface area contributed by atoms with Crippen molar-refractivity contribution in [2.75, 3.05) is 0 Å². The van der Waals surface area contributed by atoms with Crippen molar-refractivity contribution in [2.24, 2.45) is 0 Å². The highest BCUT2D eigenvalue weighted by atomic mass is 32.2. The number of carbonyl (C=O) groups is 1. The molecular formula is C17H21N3O3S. The second-order valence-corrected chi connectivity index (χ2v) is 8.10. The summed E-state index contributed by atoms with van der Waals surface area (Å²) in [4.78, 5) is 16.2. The van der Waals surface area contributed by atoms with Crippen LogP contribution in [0.15, 0.2) is 53.7 Å². The predicted molar refractivity (Wildman–Crippen MR) is 91.9 cm³/mol. The van der Waals surface area contributed by atoms with Crippen molar-refractivity contribution in [2.45, 2.75) is 37.8 Å². The summed E-state index contributed by atoms with van der Waals surface area (Å²) in [5.41, 5.74) is 0.607. The summed E-state index contributed by atoms with van der Waals surface area (Å²) in [6.45, 7) is 5.63. The largest absolute Gasteiger partial charge is 0.348 e. The van der Waals surface area contributed by atoms with Gasteiger partial charge in [0.15, 0.2) is 0 Å². The van der Waals surface area contributed by atoms with Crippen LogP contribution in [-0.2, 0) is 16.6 Å². The molecule has 0 aliphatic heterocycles. The van der Waals surface area contributed by atoms with E-state index in [-0.39, 0.29) is 10.8 Å². The lowest BCUT2D eigenvalue weighted by Crippen LogP contribution is -2.40. The first kappa shape index (κ1) is 18.1. The van der Waals surface area contributed by atoms with Gasteiger partial charge in [0.05, 0.1) is 4.90 Å². The fraction of sp³-hybridized carbons (Fsp3) is 0.294. The number of aromatic nitrogens is 1.